The first kappa shape index (κ1) is 16.5. The Morgan fingerprint density at radius 1 is 1.29 bits per heavy atom. The van der Waals surface area contributed by atoms with E-state index in [9.17, 15) is 5.11 Å². The molecule has 1 saturated heterocycles. The summed E-state index contributed by atoms with van der Waals surface area (Å²) in [7, 11) is 4.33. The molecule has 0 amide bonds. The minimum atomic E-state index is -0.400. The third kappa shape index (κ3) is 4.06. The second kappa shape index (κ2) is 6.91. The van der Waals surface area contributed by atoms with Crippen LogP contribution >= 0.6 is 0 Å². The Kier molecular flexibility index (Phi) is 5.42. The van der Waals surface area contributed by atoms with Gasteiger partial charge in [0.1, 0.15) is 0 Å². The molecular formula is C18H30N2O. The van der Waals surface area contributed by atoms with Crippen LogP contribution in [0.1, 0.15) is 41.2 Å². The quantitative estimate of drug-likeness (QED) is 0.923. The highest BCUT2D eigenvalue weighted by Gasteiger charge is 2.24. The van der Waals surface area contributed by atoms with Crippen molar-refractivity contribution in [3.8, 4) is 0 Å². The Labute approximate surface area is 129 Å². The fourth-order valence-electron chi connectivity index (χ4n) is 3.73. The molecule has 1 aromatic rings. The maximum Gasteiger partial charge on any atom is 0.0922 e. The SMILES string of the molecule is Cc1cc(C)c(C(O)CN(C)C2CCCN(C)C2)c(C)c1. The molecule has 2 unspecified atom stereocenters. The van der Waals surface area contributed by atoms with Crippen LogP contribution in [-0.4, -0.2) is 54.7 Å². The lowest BCUT2D eigenvalue weighted by molar-refractivity contribution is 0.0736. The van der Waals surface area contributed by atoms with Gasteiger partial charge in [-0.2, -0.15) is 0 Å². The lowest BCUT2D eigenvalue weighted by Gasteiger charge is -2.37. The molecule has 0 spiro atoms. The molecule has 3 heteroatoms. The summed E-state index contributed by atoms with van der Waals surface area (Å²) >= 11 is 0. The lowest BCUT2D eigenvalue weighted by atomic mass is 9.95. The van der Waals surface area contributed by atoms with Gasteiger partial charge in [-0.15, -0.1) is 0 Å². The van der Waals surface area contributed by atoms with E-state index >= 15 is 0 Å². The zero-order chi connectivity index (χ0) is 15.6. The van der Waals surface area contributed by atoms with E-state index in [0.29, 0.717) is 12.6 Å². The predicted molar refractivity (Wildman–Crippen MR) is 88.8 cm³/mol. The van der Waals surface area contributed by atoms with E-state index in [0.717, 1.165) is 12.1 Å². The molecule has 2 rings (SSSR count). The van der Waals surface area contributed by atoms with Crippen molar-refractivity contribution in [2.75, 3.05) is 33.7 Å². The van der Waals surface area contributed by atoms with Crippen molar-refractivity contribution in [3.63, 3.8) is 0 Å². The van der Waals surface area contributed by atoms with E-state index in [1.165, 1.54) is 36.1 Å². The monoisotopic (exact) mass is 290 g/mol. The van der Waals surface area contributed by atoms with Crippen LogP contribution in [0.2, 0.25) is 0 Å². The van der Waals surface area contributed by atoms with Crippen LogP contribution in [0, 0.1) is 20.8 Å². The number of hydrogen-bond acceptors (Lipinski definition) is 3. The molecule has 1 aliphatic rings. The smallest absolute Gasteiger partial charge is 0.0922 e. The van der Waals surface area contributed by atoms with Crippen molar-refractivity contribution in [1.82, 2.24) is 9.80 Å². The number of piperidine rings is 1. The molecule has 0 saturated carbocycles. The van der Waals surface area contributed by atoms with E-state index in [4.69, 9.17) is 0 Å². The number of hydrogen-bond donors (Lipinski definition) is 1. The lowest BCUT2D eigenvalue weighted by Crippen LogP contribution is -2.46. The predicted octanol–water partition coefficient (Wildman–Crippen LogP) is 2.67. The molecule has 0 aromatic heterocycles. The van der Waals surface area contributed by atoms with Crippen LogP contribution in [0.3, 0.4) is 0 Å². The zero-order valence-corrected chi connectivity index (χ0v) is 14.2. The van der Waals surface area contributed by atoms with E-state index in [1.54, 1.807) is 0 Å². The van der Waals surface area contributed by atoms with Gasteiger partial charge < -0.3 is 10.0 Å². The maximum absolute atomic E-state index is 10.7. The summed E-state index contributed by atoms with van der Waals surface area (Å²) in [5.41, 5.74) is 4.78. The number of aryl methyl sites for hydroxylation is 3. The van der Waals surface area contributed by atoms with Gasteiger partial charge >= 0.3 is 0 Å². The molecular weight excluding hydrogens is 260 g/mol. The Bertz CT molecular complexity index is 463. The van der Waals surface area contributed by atoms with Crippen LogP contribution < -0.4 is 0 Å². The Hall–Kier alpha value is -0.900. The first-order valence-corrected chi connectivity index (χ1v) is 8.03. The van der Waals surface area contributed by atoms with E-state index in [2.05, 4.69) is 56.8 Å². The Balaban J connectivity index is 2.05. The molecule has 1 fully saturated rings. The molecule has 0 radical (unpaired) electrons. The van der Waals surface area contributed by atoms with Crippen LogP contribution in [0.5, 0.6) is 0 Å². The molecule has 2 atom stereocenters. The minimum absolute atomic E-state index is 0.400. The average molecular weight is 290 g/mol. The summed E-state index contributed by atoms with van der Waals surface area (Å²) in [5.74, 6) is 0. The van der Waals surface area contributed by atoms with Gasteiger partial charge in [-0.3, -0.25) is 4.90 Å². The first-order chi connectivity index (χ1) is 9.88. The van der Waals surface area contributed by atoms with Gasteiger partial charge in [-0.1, -0.05) is 17.7 Å². The summed E-state index contributed by atoms with van der Waals surface area (Å²) in [5, 5.41) is 10.7. The number of rotatable bonds is 4. The third-order valence-electron chi connectivity index (χ3n) is 4.76. The third-order valence-corrected chi connectivity index (χ3v) is 4.76. The van der Waals surface area contributed by atoms with Crippen LogP contribution in [0.25, 0.3) is 0 Å². The van der Waals surface area contributed by atoms with Gasteiger partial charge in [0, 0.05) is 19.1 Å². The highest BCUT2D eigenvalue weighted by atomic mass is 16.3. The summed E-state index contributed by atoms with van der Waals surface area (Å²) < 4.78 is 0. The average Bonchev–Trinajstić information content (AvgIpc) is 2.37. The molecule has 1 heterocycles. The highest BCUT2D eigenvalue weighted by Crippen LogP contribution is 2.25. The maximum atomic E-state index is 10.7. The number of nitrogens with zero attached hydrogens (tertiary/aromatic N) is 2. The Morgan fingerprint density at radius 2 is 1.90 bits per heavy atom. The van der Waals surface area contributed by atoms with Gasteiger partial charge in [0.05, 0.1) is 6.10 Å². The van der Waals surface area contributed by atoms with Crippen molar-refractivity contribution < 1.29 is 5.11 Å². The summed E-state index contributed by atoms with van der Waals surface area (Å²) in [6, 6.07) is 4.89. The largest absolute Gasteiger partial charge is 0.387 e. The fraction of sp³-hybridized carbons (Fsp3) is 0.667. The van der Waals surface area contributed by atoms with Gasteiger partial charge in [0.25, 0.3) is 0 Å². The van der Waals surface area contributed by atoms with Gasteiger partial charge in [-0.25, -0.2) is 0 Å². The van der Waals surface area contributed by atoms with Gasteiger partial charge in [0.2, 0.25) is 0 Å². The highest BCUT2D eigenvalue weighted by molar-refractivity contribution is 5.39. The topological polar surface area (TPSA) is 26.7 Å². The van der Waals surface area contributed by atoms with Crippen molar-refractivity contribution in [2.45, 2.75) is 45.8 Å². The molecule has 1 N–H and O–H groups in total. The number of likely N-dealkylation sites (N-methyl/N-ethyl adjacent to an activating group) is 2. The molecule has 1 aliphatic heterocycles. The Morgan fingerprint density at radius 3 is 2.48 bits per heavy atom. The molecule has 21 heavy (non-hydrogen) atoms. The first-order valence-electron chi connectivity index (χ1n) is 8.03. The molecule has 0 aliphatic carbocycles. The fourth-order valence-corrected chi connectivity index (χ4v) is 3.73. The second-order valence-electron chi connectivity index (χ2n) is 6.83. The summed E-state index contributed by atoms with van der Waals surface area (Å²) in [6.45, 7) is 9.33. The molecule has 3 nitrogen and oxygen atoms in total. The molecule has 0 bridgehead atoms. The van der Waals surface area contributed by atoms with Crippen LogP contribution in [-0.2, 0) is 0 Å². The number of likely N-dealkylation sites (tertiary alicyclic amines) is 1. The van der Waals surface area contributed by atoms with Crippen LogP contribution in [0.4, 0.5) is 0 Å². The zero-order valence-electron chi connectivity index (χ0n) is 14.2. The standard InChI is InChI=1S/C18H30N2O/c1-13-9-14(2)18(15(3)10-13)17(21)12-20(5)16-7-6-8-19(4)11-16/h9-10,16-17,21H,6-8,11-12H2,1-5H3. The number of aliphatic hydroxyl groups is 1. The number of benzene rings is 1. The van der Waals surface area contributed by atoms with E-state index in [1.807, 2.05) is 0 Å². The normalized spacial score (nSPS) is 21.8. The van der Waals surface area contributed by atoms with Crippen molar-refractivity contribution in [3.05, 3.63) is 34.4 Å². The van der Waals surface area contributed by atoms with Gasteiger partial charge in [-0.05, 0) is 70.9 Å². The van der Waals surface area contributed by atoms with Gasteiger partial charge in [0.15, 0.2) is 0 Å². The molecule has 118 valence electrons. The molecule has 1 aromatic carbocycles. The van der Waals surface area contributed by atoms with E-state index < -0.39 is 6.10 Å². The summed E-state index contributed by atoms with van der Waals surface area (Å²) in [6.07, 6.45) is 2.09. The van der Waals surface area contributed by atoms with Crippen molar-refractivity contribution in [2.24, 2.45) is 0 Å². The van der Waals surface area contributed by atoms with Crippen molar-refractivity contribution >= 4 is 0 Å². The number of aliphatic hydroxyl groups excluding tert-OH is 1. The van der Waals surface area contributed by atoms with Crippen LogP contribution in [0.15, 0.2) is 12.1 Å². The van der Waals surface area contributed by atoms with E-state index in [-0.39, 0.29) is 0 Å². The summed E-state index contributed by atoms with van der Waals surface area (Å²) in [4.78, 5) is 4.72. The minimum Gasteiger partial charge on any atom is -0.387 e. The second-order valence-corrected chi connectivity index (χ2v) is 6.83. The van der Waals surface area contributed by atoms with Crippen molar-refractivity contribution in [1.29, 1.82) is 0 Å².